The van der Waals surface area contributed by atoms with Gasteiger partial charge >= 0.3 is 11.5 Å². The van der Waals surface area contributed by atoms with Crippen LogP contribution in [0.15, 0.2) is 116 Å². The highest BCUT2D eigenvalue weighted by Crippen LogP contribution is 2.58. The Hall–Kier alpha value is -5.36. The average molecular weight is 502 g/mol. The topological polar surface area (TPSA) is 30.1 Å². The molecule has 1 unspecified atom stereocenters. The van der Waals surface area contributed by atoms with Gasteiger partial charge in [0.1, 0.15) is 28.4 Å². The van der Waals surface area contributed by atoms with E-state index in [2.05, 4.69) is 139 Å². The number of ether oxygens (including phenoxy) is 1. The summed E-state index contributed by atoms with van der Waals surface area (Å²) >= 11 is 0. The molecule has 0 radical (unpaired) electrons. The molecule has 7 heterocycles. The molecule has 11 rings (SSSR count). The van der Waals surface area contributed by atoms with Crippen LogP contribution in [0.4, 0.5) is 17.1 Å². The van der Waals surface area contributed by atoms with Crippen molar-refractivity contribution < 1.29 is 14.0 Å². The minimum Gasteiger partial charge on any atom is -0.456 e. The molecule has 0 N–H and O–H groups in total. The van der Waals surface area contributed by atoms with Gasteiger partial charge in [0.15, 0.2) is 16.6 Å². The van der Waals surface area contributed by atoms with Crippen LogP contribution in [0.3, 0.4) is 0 Å². The van der Waals surface area contributed by atoms with Crippen molar-refractivity contribution in [3.8, 4) is 23.0 Å². The first-order valence-electron chi connectivity index (χ1n) is 13.3. The highest BCUT2D eigenvalue weighted by Gasteiger charge is 2.69. The summed E-state index contributed by atoms with van der Waals surface area (Å²) in [5.41, 5.74) is 8.82. The van der Waals surface area contributed by atoms with Crippen molar-refractivity contribution in [2.75, 3.05) is 4.90 Å². The zero-order valence-electron chi connectivity index (χ0n) is 20.6. The van der Waals surface area contributed by atoms with Gasteiger partial charge in [0, 0.05) is 22.5 Å². The van der Waals surface area contributed by atoms with Crippen LogP contribution in [-0.4, -0.2) is 9.25 Å². The van der Waals surface area contributed by atoms with Crippen LogP contribution in [0.2, 0.25) is 0 Å². The van der Waals surface area contributed by atoms with E-state index in [0.29, 0.717) is 0 Å². The van der Waals surface area contributed by atoms with Crippen molar-refractivity contribution in [3.63, 3.8) is 0 Å². The Labute approximate surface area is 222 Å². The fourth-order valence-electron chi connectivity index (χ4n) is 7.84. The number of anilines is 3. The van der Waals surface area contributed by atoms with E-state index in [1.807, 2.05) is 0 Å². The lowest BCUT2D eigenvalue weighted by Crippen LogP contribution is -2.76. The lowest BCUT2D eigenvalue weighted by Gasteiger charge is -2.36. The molecule has 7 aromatic rings. The Morgan fingerprint density at radius 3 is 2.38 bits per heavy atom. The molecule has 0 aliphatic carbocycles. The molecule has 4 aliphatic rings. The van der Waals surface area contributed by atoms with E-state index >= 15 is 0 Å². The SMILES string of the molecule is c1ccc(N2c3ccc[n+]4c3-n3c5c2cccc5c2ccc5c(c23)C42c3c(cccc3-n3ccc[n+]32)O5)cc1. The van der Waals surface area contributed by atoms with Gasteiger partial charge in [-0.2, -0.15) is 9.13 Å². The Bertz CT molecular complexity index is 2280. The fourth-order valence-corrected chi connectivity index (χ4v) is 7.84. The van der Waals surface area contributed by atoms with E-state index in [1.54, 1.807) is 0 Å². The third kappa shape index (κ3) is 1.77. The van der Waals surface area contributed by atoms with Gasteiger partial charge < -0.3 is 4.74 Å². The second-order valence-corrected chi connectivity index (χ2v) is 10.7. The molecule has 0 amide bonds. The molecule has 1 atom stereocenters. The van der Waals surface area contributed by atoms with Gasteiger partial charge in [0.05, 0.1) is 18.1 Å². The molecule has 4 aliphatic heterocycles. The summed E-state index contributed by atoms with van der Waals surface area (Å²) in [4.78, 5) is 2.42. The van der Waals surface area contributed by atoms with Crippen LogP contribution in [-0.2, 0) is 5.66 Å². The van der Waals surface area contributed by atoms with Gasteiger partial charge in [-0.05, 0) is 60.7 Å². The number of nitrogens with zero attached hydrogens (tertiary/aromatic N) is 5. The minimum absolute atomic E-state index is 0.627. The summed E-state index contributed by atoms with van der Waals surface area (Å²) in [6.45, 7) is 0. The van der Waals surface area contributed by atoms with Crippen LogP contribution in [0.5, 0.6) is 11.5 Å². The number of para-hydroxylation sites is 2. The van der Waals surface area contributed by atoms with Crippen LogP contribution in [0.1, 0.15) is 11.1 Å². The summed E-state index contributed by atoms with van der Waals surface area (Å²) in [6.07, 6.45) is 6.59. The summed E-state index contributed by atoms with van der Waals surface area (Å²) in [7, 11) is 0. The maximum atomic E-state index is 6.71. The van der Waals surface area contributed by atoms with Crippen molar-refractivity contribution in [1.82, 2.24) is 9.25 Å². The molecule has 0 saturated carbocycles. The van der Waals surface area contributed by atoms with Crippen molar-refractivity contribution in [1.29, 1.82) is 0 Å². The predicted octanol–water partition coefficient (Wildman–Crippen LogP) is 5.96. The fraction of sp³-hybridized carbons (Fsp3) is 0.0303. The largest absolute Gasteiger partial charge is 0.456 e. The molecular weight excluding hydrogens is 482 g/mol. The van der Waals surface area contributed by atoms with E-state index in [1.165, 1.54) is 38.6 Å². The average Bonchev–Trinajstić information content (AvgIpc) is 3.67. The zero-order chi connectivity index (χ0) is 25.0. The van der Waals surface area contributed by atoms with Gasteiger partial charge in [0.25, 0.3) is 0 Å². The van der Waals surface area contributed by atoms with E-state index in [0.717, 1.165) is 34.4 Å². The molecule has 4 aromatic carbocycles. The summed E-state index contributed by atoms with van der Waals surface area (Å²) in [6, 6.07) is 34.8. The van der Waals surface area contributed by atoms with Crippen molar-refractivity contribution in [2.24, 2.45) is 0 Å². The minimum atomic E-state index is -0.627. The summed E-state index contributed by atoms with van der Waals surface area (Å²) in [5, 5.41) is 2.50. The maximum absolute atomic E-state index is 6.71. The van der Waals surface area contributed by atoms with E-state index in [4.69, 9.17) is 4.74 Å². The number of pyridine rings is 1. The second-order valence-electron chi connectivity index (χ2n) is 10.7. The van der Waals surface area contributed by atoms with Gasteiger partial charge in [0.2, 0.25) is 6.20 Å². The third-order valence-corrected chi connectivity index (χ3v) is 9.08. The molecule has 0 fully saturated rings. The van der Waals surface area contributed by atoms with Crippen LogP contribution >= 0.6 is 0 Å². The first-order valence-corrected chi connectivity index (χ1v) is 13.3. The molecule has 6 nitrogen and oxygen atoms in total. The lowest BCUT2D eigenvalue weighted by molar-refractivity contribution is -0.993. The highest BCUT2D eigenvalue weighted by atomic mass is 16.5. The van der Waals surface area contributed by atoms with Crippen LogP contribution in [0, 0.1) is 0 Å². The summed E-state index contributed by atoms with van der Waals surface area (Å²) in [5.74, 6) is 2.97. The van der Waals surface area contributed by atoms with Gasteiger partial charge in [-0.3, -0.25) is 4.90 Å². The first-order chi connectivity index (χ1) is 19.4. The van der Waals surface area contributed by atoms with E-state index in [-0.39, 0.29) is 0 Å². The smallest absolute Gasteiger partial charge is 0.397 e. The number of fused-ring (bicyclic) bond motifs is 3. The van der Waals surface area contributed by atoms with Gasteiger partial charge in [-0.25, -0.2) is 0 Å². The Morgan fingerprint density at radius 2 is 1.44 bits per heavy atom. The molecule has 0 bridgehead atoms. The number of hydrogen-bond donors (Lipinski definition) is 0. The first kappa shape index (κ1) is 18.8. The Morgan fingerprint density at radius 1 is 0.615 bits per heavy atom. The number of hydrogen-bond acceptors (Lipinski definition) is 2. The Kier molecular flexibility index (Phi) is 2.83. The zero-order valence-corrected chi connectivity index (χ0v) is 20.6. The van der Waals surface area contributed by atoms with Crippen LogP contribution < -0.4 is 18.9 Å². The lowest BCUT2D eigenvalue weighted by atomic mass is 9.84. The Balaban J connectivity index is 1.46. The summed E-state index contributed by atoms with van der Waals surface area (Å²) < 4.78 is 16.3. The number of aromatic nitrogens is 4. The van der Waals surface area contributed by atoms with Crippen molar-refractivity contribution in [3.05, 3.63) is 127 Å². The molecular formula is C33H19N5O+2. The highest BCUT2D eigenvalue weighted by molar-refractivity contribution is 6.17. The van der Waals surface area contributed by atoms with Gasteiger partial charge in [-0.15, -0.1) is 4.68 Å². The normalized spacial score (nSPS) is 18.0. The molecule has 180 valence electrons. The molecule has 6 heteroatoms. The molecule has 1 spiro atoms. The van der Waals surface area contributed by atoms with Crippen LogP contribution in [0.25, 0.3) is 33.3 Å². The molecule has 39 heavy (non-hydrogen) atoms. The number of benzene rings is 4. The second kappa shape index (κ2) is 5.87. The third-order valence-electron chi connectivity index (χ3n) is 9.08. The molecule has 3 aromatic heterocycles. The maximum Gasteiger partial charge on any atom is 0.397 e. The quantitative estimate of drug-likeness (QED) is 0.260. The van der Waals surface area contributed by atoms with Gasteiger partial charge in [-0.1, -0.05) is 35.0 Å². The van der Waals surface area contributed by atoms with E-state index < -0.39 is 5.66 Å². The molecule has 0 saturated heterocycles. The van der Waals surface area contributed by atoms with Crippen molar-refractivity contribution in [2.45, 2.75) is 5.66 Å². The number of rotatable bonds is 1. The monoisotopic (exact) mass is 501 g/mol. The predicted molar refractivity (Wildman–Crippen MR) is 147 cm³/mol. The van der Waals surface area contributed by atoms with Crippen molar-refractivity contribution >= 4 is 38.9 Å². The standard InChI is InChI=1S/C33H19N5O/c1-2-8-20(9-3-1)37-24-12-4-10-21-22-15-16-27-29-31(22)38(30(21)24)32-25(37)13-6-17-34(32)33(29)28-23(11-5-14-26(28)39-27)35-18-7-19-36(33)35/h1-19H/q+2. The van der Waals surface area contributed by atoms with E-state index in [9.17, 15) is 0 Å².